The molecular weight excluding hydrogens is 400 g/mol. The predicted octanol–water partition coefficient (Wildman–Crippen LogP) is 4.27. The number of likely N-dealkylation sites (tertiary alicyclic amines) is 1. The molecule has 1 atom stereocenters. The third-order valence-corrected chi connectivity index (χ3v) is 6.14. The van der Waals surface area contributed by atoms with Crippen molar-refractivity contribution in [1.82, 2.24) is 9.80 Å². The Morgan fingerprint density at radius 1 is 1.17 bits per heavy atom. The summed E-state index contributed by atoms with van der Waals surface area (Å²) in [7, 11) is 5.16. The van der Waals surface area contributed by atoms with Gasteiger partial charge in [0, 0.05) is 31.7 Å². The van der Waals surface area contributed by atoms with E-state index in [4.69, 9.17) is 21.1 Å². The van der Waals surface area contributed by atoms with Crippen LogP contribution in [0.4, 0.5) is 0 Å². The zero-order chi connectivity index (χ0) is 21.5. The molecule has 0 bridgehead atoms. The molecule has 3 rings (SSSR count). The van der Waals surface area contributed by atoms with E-state index in [0.717, 1.165) is 55.0 Å². The van der Waals surface area contributed by atoms with Gasteiger partial charge in [0.2, 0.25) is 5.91 Å². The SMILES string of the molecule is COc1ccc(CCN(C)C(=O)[C@@H]2CCCN(Cc3ccccc3Cl)C2)cc1OC. The maximum atomic E-state index is 13.0. The van der Waals surface area contributed by atoms with Crippen LogP contribution in [0.2, 0.25) is 5.02 Å². The van der Waals surface area contributed by atoms with Gasteiger partial charge in [-0.15, -0.1) is 0 Å². The lowest BCUT2D eigenvalue weighted by atomic mass is 9.96. The number of benzene rings is 2. The summed E-state index contributed by atoms with van der Waals surface area (Å²) in [6, 6.07) is 13.8. The lowest BCUT2D eigenvalue weighted by Crippen LogP contribution is -2.43. The Kier molecular flexibility index (Phi) is 8.00. The molecule has 1 heterocycles. The van der Waals surface area contributed by atoms with Gasteiger partial charge in [0.25, 0.3) is 0 Å². The molecule has 0 unspecified atom stereocenters. The average molecular weight is 431 g/mol. The molecule has 0 spiro atoms. The molecule has 30 heavy (non-hydrogen) atoms. The van der Waals surface area contributed by atoms with Gasteiger partial charge in [-0.25, -0.2) is 0 Å². The summed E-state index contributed by atoms with van der Waals surface area (Å²) in [6.07, 6.45) is 2.75. The van der Waals surface area contributed by atoms with Gasteiger partial charge in [-0.1, -0.05) is 35.9 Å². The van der Waals surface area contributed by atoms with Crippen molar-refractivity contribution in [2.45, 2.75) is 25.8 Å². The zero-order valence-electron chi connectivity index (χ0n) is 18.1. The summed E-state index contributed by atoms with van der Waals surface area (Å²) in [5.41, 5.74) is 2.24. The van der Waals surface area contributed by atoms with E-state index in [1.807, 2.05) is 48.3 Å². The number of nitrogens with zero attached hydrogens (tertiary/aromatic N) is 2. The molecule has 0 N–H and O–H groups in total. The van der Waals surface area contributed by atoms with Crippen molar-refractivity contribution in [3.05, 3.63) is 58.6 Å². The summed E-state index contributed by atoms with van der Waals surface area (Å²) >= 11 is 6.31. The van der Waals surface area contributed by atoms with Gasteiger partial charge >= 0.3 is 0 Å². The first-order valence-electron chi connectivity index (χ1n) is 10.4. The fraction of sp³-hybridized carbons (Fsp3) is 0.458. The highest BCUT2D eigenvalue weighted by molar-refractivity contribution is 6.31. The Morgan fingerprint density at radius 2 is 1.93 bits per heavy atom. The number of amides is 1. The predicted molar refractivity (Wildman–Crippen MR) is 120 cm³/mol. The maximum Gasteiger partial charge on any atom is 0.226 e. The Hall–Kier alpha value is -2.24. The zero-order valence-corrected chi connectivity index (χ0v) is 18.8. The second-order valence-corrected chi connectivity index (χ2v) is 8.27. The number of hydrogen-bond donors (Lipinski definition) is 0. The number of halogens is 1. The number of hydrogen-bond acceptors (Lipinski definition) is 4. The van der Waals surface area contributed by atoms with Gasteiger partial charge in [0.05, 0.1) is 20.1 Å². The minimum absolute atomic E-state index is 0.0386. The second-order valence-electron chi connectivity index (χ2n) is 7.86. The minimum Gasteiger partial charge on any atom is -0.493 e. The molecular formula is C24H31ClN2O3. The van der Waals surface area contributed by atoms with Crippen molar-refractivity contribution in [3.63, 3.8) is 0 Å². The number of carbonyl (C=O) groups excluding carboxylic acids is 1. The highest BCUT2D eigenvalue weighted by atomic mass is 35.5. The van der Waals surface area contributed by atoms with E-state index < -0.39 is 0 Å². The normalized spacial score (nSPS) is 16.9. The first kappa shape index (κ1) is 22.4. The number of methoxy groups -OCH3 is 2. The van der Waals surface area contributed by atoms with Gasteiger partial charge in [0.15, 0.2) is 11.5 Å². The highest BCUT2D eigenvalue weighted by Gasteiger charge is 2.28. The van der Waals surface area contributed by atoms with Gasteiger partial charge in [-0.05, 0) is 55.1 Å². The molecule has 0 saturated carbocycles. The van der Waals surface area contributed by atoms with E-state index in [9.17, 15) is 4.79 Å². The number of carbonyl (C=O) groups is 1. The lowest BCUT2D eigenvalue weighted by Gasteiger charge is -2.34. The topological polar surface area (TPSA) is 42.0 Å². The monoisotopic (exact) mass is 430 g/mol. The van der Waals surface area contributed by atoms with E-state index in [1.54, 1.807) is 14.2 Å². The number of ether oxygens (including phenoxy) is 2. The fourth-order valence-electron chi connectivity index (χ4n) is 4.02. The van der Waals surface area contributed by atoms with Crippen molar-refractivity contribution in [3.8, 4) is 11.5 Å². The van der Waals surface area contributed by atoms with Gasteiger partial charge in [-0.2, -0.15) is 0 Å². The Balaban J connectivity index is 1.54. The van der Waals surface area contributed by atoms with Crippen LogP contribution in [0.25, 0.3) is 0 Å². The number of piperidine rings is 1. The summed E-state index contributed by atoms with van der Waals surface area (Å²) in [5.74, 6) is 1.69. The van der Waals surface area contributed by atoms with Crippen LogP contribution >= 0.6 is 11.6 Å². The third kappa shape index (κ3) is 5.67. The molecule has 1 aliphatic heterocycles. The molecule has 1 fully saturated rings. The van der Waals surface area contributed by atoms with Crippen LogP contribution in [0.5, 0.6) is 11.5 Å². The first-order chi connectivity index (χ1) is 14.5. The van der Waals surface area contributed by atoms with Gasteiger partial charge in [0.1, 0.15) is 0 Å². The molecule has 1 amide bonds. The highest BCUT2D eigenvalue weighted by Crippen LogP contribution is 2.28. The van der Waals surface area contributed by atoms with E-state index in [2.05, 4.69) is 11.0 Å². The van der Waals surface area contributed by atoms with E-state index in [1.165, 1.54) is 0 Å². The second kappa shape index (κ2) is 10.7. The molecule has 5 nitrogen and oxygen atoms in total. The quantitative estimate of drug-likeness (QED) is 0.627. The van der Waals surface area contributed by atoms with Crippen molar-refractivity contribution < 1.29 is 14.3 Å². The van der Waals surface area contributed by atoms with E-state index in [-0.39, 0.29) is 11.8 Å². The number of likely N-dealkylation sites (N-methyl/N-ethyl adjacent to an activating group) is 1. The third-order valence-electron chi connectivity index (χ3n) is 5.77. The Morgan fingerprint density at radius 3 is 2.67 bits per heavy atom. The van der Waals surface area contributed by atoms with Crippen LogP contribution in [0.15, 0.2) is 42.5 Å². The van der Waals surface area contributed by atoms with Crippen molar-refractivity contribution >= 4 is 17.5 Å². The average Bonchev–Trinajstić information content (AvgIpc) is 2.78. The largest absolute Gasteiger partial charge is 0.493 e. The molecule has 2 aromatic carbocycles. The smallest absolute Gasteiger partial charge is 0.226 e. The maximum absolute atomic E-state index is 13.0. The van der Waals surface area contributed by atoms with Crippen molar-refractivity contribution in [2.75, 3.05) is 40.9 Å². The molecule has 162 valence electrons. The fourth-order valence-corrected chi connectivity index (χ4v) is 4.22. The van der Waals surface area contributed by atoms with Crippen LogP contribution in [-0.2, 0) is 17.8 Å². The van der Waals surface area contributed by atoms with Crippen LogP contribution in [0.1, 0.15) is 24.0 Å². The molecule has 0 radical (unpaired) electrons. The lowest BCUT2D eigenvalue weighted by molar-refractivity contribution is -0.136. The molecule has 0 aliphatic carbocycles. The number of rotatable bonds is 8. The summed E-state index contributed by atoms with van der Waals surface area (Å²) in [5, 5.41) is 0.790. The molecule has 0 aromatic heterocycles. The van der Waals surface area contributed by atoms with Crippen LogP contribution in [0, 0.1) is 5.92 Å². The van der Waals surface area contributed by atoms with Gasteiger partial charge < -0.3 is 14.4 Å². The first-order valence-corrected chi connectivity index (χ1v) is 10.8. The Bertz CT molecular complexity index is 858. The van der Waals surface area contributed by atoms with Crippen molar-refractivity contribution in [2.24, 2.45) is 5.92 Å². The molecule has 6 heteroatoms. The molecule has 1 aliphatic rings. The summed E-state index contributed by atoms with van der Waals surface area (Å²) in [6.45, 7) is 3.25. The van der Waals surface area contributed by atoms with E-state index in [0.29, 0.717) is 18.0 Å². The van der Waals surface area contributed by atoms with Crippen molar-refractivity contribution in [1.29, 1.82) is 0 Å². The standard InChI is InChI=1S/C24H31ClN2O3/c1-26(14-12-18-10-11-22(29-2)23(15-18)30-3)24(28)20-8-6-13-27(17-20)16-19-7-4-5-9-21(19)25/h4-5,7,9-11,15,20H,6,8,12-14,16-17H2,1-3H3/t20-/m1/s1. The molecule has 2 aromatic rings. The van der Waals surface area contributed by atoms with Crippen LogP contribution in [-0.4, -0.2) is 56.6 Å². The summed E-state index contributed by atoms with van der Waals surface area (Å²) < 4.78 is 10.7. The Labute approximate surface area is 184 Å². The van der Waals surface area contributed by atoms with Crippen LogP contribution in [0.3, 0.4) is 0 Å². The van der Waals surface area contributed by atoms with E-state index >= 15 is 0 Å². The van der Waals surface area contributed by atoms with Gasteiger partial charge in [-0.3, -0.25) is 9.69 Å². The minimum atomic E-state index is 0.0386. The molecule has 1 saturated heterocycles. The summed E-state index contributed by atoms with van der Waals surface area (Å²) in [4.78, 5) is 17.2. The van der Waals surface area contributed by atoms with Crippen LogP contribution < -0.4 is 9.47 Å².